The number of aromatic nitrogens is 4. The average Bonchev–Trinajstić information content (AvgIpc) is 3.33. The Morgan fingerprint density at radius 3 is 2.74 bits per heavy atom. The molecule has 7 nitrogen and oxygen atoms in total. The second kappa shape index (κ2) is 9.38. The second-order valence-electron chi connectivity index (χ2n) is 8.13. The van der Waals surface area contributed by atoms with Gasteiger partial charge in [-0.25, -0.2) is 0 Å². The molecule has 5 rings (SSSR count). The van der Waals surface area contributed by atoms with Crippen molar-refractivity contribution in [3.8, 4) is 17.1 Å². The topological polar surface area (TPSA) is 85.0 Å². The summed E-state index contributed by atoms with van der Waals surface area (Å²) in [6.07, 6.45) is 8.21. The third-order valence-electron chi connectivity index (χ3n) is 5.75. The third kappa shape index (κ3) is 5.12. The third-order valence-corrected chi connectivity index (χ3v) is 5.75. The number of H-pyrrole nitrogens is 1. The van der Waals surface area contributed by atoms with Crippen molar-refractivity contribution < 1.29 is 22.6 Å². The first kappa shape index (κ1) is 22.9. The van der Waals surface area contributed by atoms with Crippen LogP contribution in [0.15, 0.2) is 66.5 Å². The van der Waals surface area contributed by atoms with Crippen molar-refractivity contribution in [2.24, 2.45) is 0 Å². The van der Waals surface area contributed by atoms with Gasteiger partial charge in [-0.3, -0.25) is 10.1 Å². The lowest BCUT2D eigenvalue weighted by molar-refractivity contribution is -0.137. The number of halogens is 3. The summed E-state index contributed by atoms with van der Waals surface area (Å²) < 4.78 is 50.5. The first-order valence-electron chi connectivity index (χ1n) is 11.0. The quantitative estimate of drug-likeness (QED) is 0.505. The van der Waals surface area contributed by atoms with Gasteiger partial charge in [-0.1, -0.05) is 30.4 Å². The van der Waals surface area contributed by atoms with Gasteiger partial charge >= 0.3 is 6.18 Å². The van der Waals surface area contributed by atoms with Gasteiger partial charge < -0.3 is 14.8 Å². The van der Waals surface area contributed by atoms with Crippen LogP contribution in [0.4, 0.5) is 19.1 Å². The fourth-order valence-electron chi connectivity index (χ4n) is 3.93. The van der Waals surface area contributed by atoms with Gasteiger partial charge in [0, 0.05) is 43.0 Å². The number of hydrogen-bond donors (Lipinski definition) is 2. The van der Waals surface area contributed by atoms with Crippen LogP contribution < -0.4 is 10.1 Å². The summed E-state index contributed by atoms with van der Waals surface area (Å²) in [6, 6.07) is 6.79. The number of pyridine rings is 1. The van der Waals surface area contributed by atoms with Crippen LogP contribution >= 0.6 is 0 Å². The zero-order valence-electron chi connectivity index (χ0n) is 18.7. The molecule has 0 bridgehead atoms. The molecule has 2 aliphatic rings. The number of allylic oxidation sites excluding steroid dienone is 1. The Morgan fingerprint density at radius 2 is 1.97 bits per heavy atom. The van der Waals surface area contributed by atoms with Gasteiger partial charge in [0.1, 0.15) is 11.9 Å². The molecule has 2 atom stereocenters. The van der Waals surface area contributed by atoms with Gasteiger partial charge in [-0.05, 0) is 30.4 Å². The van der Waals surface area contributed by atoms with E-state index in [1.165, 1.54) is 6.07 Å². The number of aromatic amines is 1. The van der Waals surface area contributed by atoms with Gasteiger partial charge in [0.15, 0.2) is 5.82 Å². The van der Waals surface area contributed by atoms with Crippen LogP contribution in [0.5, 0.6) is 5.75 Å². The number of benzene rings is 1. The Hall–Kier alpha value is -3.92. The Balaban J connectivity index is 1.22. The predicted molar refractivity (Wildman–Crippen MR) is 124 cm³/mol. The molecule has 10 heteroatoms. The molecule has 0 aliphatic heterocycles. The summed E-state index contributed by atoms with van der Waals surface area (Å²) in [5.41, 5.74) is 2.22. The van der Waals surface area contributed by atoms with Gasteiger partial charge in [0.2, 0.25) is 5.95 Å². The van der Waals surface area contributed by atoms with E-state index in [0.717, 1.165) is 34.8 Å². The fourth-order valence-corrected chi connectivity index (χ4v) is 3.93. The standard InChI is InChI=1S/C25H22F3N5O2/c1-34-19-9-10-20-21(14-19)29-12-11-22(20)35-18-7-5-17(6-8-18)30-24-31-23(32-33-24)15-3-2-4-16(13-15)25(26,27)28/h2-7,9-13,18-19H,8,14H2,1H3,(H2,30,31,32,33). The smallest absolute Gasteiger partial charge is 0.416 e. The lowest BCUT2D eigenvalue weighted by Gasteiger charge is -2.23. The molecule has 0 saturated carbocycles. The lowest BCUT2D eigenvalue weighted by atomic mass is 10.00. The van der Waals surface area contributed by atoms with Crippen molar-refractivity contribution in [3.63, 3.8) is 0 Å². The number of alkyl halides is 3. The van der Waals surface area contributed by atoms with Crippen LogP contribution in [0, 0.1) is 0 Å². The average molecular weight is 481 g/mol. The van der Waals surface area contributed by atoms with Gasteiger partial charge in [-0.2, -0.15) is 18.2 Å². The van der Waals surface area contributed by atoms with Crippen molar-refractivity contribution in [2.75, 3.05) is 12.4 Å². The van der Waals surface area contributed by atoms with Crippen LogP contribution in [0.2, 0.25) is 0 Å². The first-order valence-corrected chi connectivity index (χ1v) is 11.0. The zero-order chi connectivity index (χ0) is 24.4. The van der Waals surface area contributed by atoms with Gasteiger partial charge in [0.05, 0.1) is 17.4 Å². The minimum absolute atomic E-state index is 0.0149. The summed E-state index contributed by atoms with van der Waals surface area (Å²) in [5.74, 6) is 1.26. The van der Waals surface area contributed by atoms with Crippen molar-refractivity contribution in [3.05, 3.63) is 83.4 Å². The van der Waals surface area contributed by atoms with E-state index in [4.69, 9.17) is 9.47 Å². The Morgan fingerprint density at radius 1 is 1.11 bits per heavy atom. The Kier molecular flexibility index (Phi) is 6.12. The fraction of sp³-hybridized carbons (Fsp3) is 0.240. The molecule has 2 aromatic heterocycles. The number of nitrogens with one attached hydrogen (secondary N) is 2. The molecular weight excluding hydrogens is 459 g/mol. The highest BCUT2D eigenvalue weighted by atomic mass is 19.4. The number of fused-ring (bicyclic) bond motifs is 1. The van der Waals surface area contributed by atoms with Crippen LogP contribution in [0.25, 0.3) is 17.5 Å². The van der Waals surface area contributed by atoms with E-state index in [9.17, 15) is 13.2 Å². The Bertz CT molecular complexity index is 1310. The van der Waals surface area contributed by atoms with Crippen molar-refractivity contribution >= 4 is 12.0 Å². The molecule has 0 fully saturated rings. The zero-order valence-corrected chi connectivity index (χ0v) is 18.7. The van der Waals surface area contributed by atoms with Crippen molar-refractivity contribution in [2.45, 2.75) is 31.2 Å². The maximum absolute atomic E-state index is 13.0. The van der Waals surface area contributed by atoms with E-state index in [2.05, 4.69) is 25.5 Å². The van der Waals surface area contributed by atoms with E-state index < -0.39 is 11.7 Å². The normalized spacial score (nSPS) is 19.3. The summed E-state index contributed by atoms with van der Waals surface area (Å²) in [4.78, 5) is 8.72. The maximum Gasteiger partial charge on any atom is 0.416 e. The largest absolute Gasteiger partial charge is 0.485 e. The second-order valence-corrected chi connectivity index (χ2v) is 8.13. The Labute approximate surface area is 199 Å². The minimum atomic E-state index is -4.42. The van der Waals surface area contributed by atoms with E-state index in [1.54, 1.807) is 19.4 Å². The van der Waals surface area contributed by atoms with E-state index in [1.807, 2.05) is 36.4 Å². The molecule has 0 amide bonds. The summed E-state index contributed by atoms with van der Waals surface area (Å²) in [7, 11) is 1.68. The summed E-state index contributed by atoms with van der Waals surface area (Å²) in [6.45, 7) is 0. The van der Waals surface area contributed by atoms with Crippen LogP contribution in [0.1, 0.15) is 23.2 Å². The molecule has 2 unspecified atom stereocenters. The monoisotopic (exact) mass is 481 g/mol. The molecule has 2 heterocycles. The molecule has 0 spiro atoms. The van der Waals surface area contributed by atoms with Crippen LogP contribution in [0.3, 0.4) is 0 Å². The van der Waals surface area contributed by atoms with E-state index in [-0.39, 0.29) is 24.0 Å². The molecule has 0 saturated heterocycles. The van der Waals surface area contributed by atoms with Crippen molar-refractivity contribution in [1.29, 1.82) is 0 Å². The number of rotatable bonds is 6. The lowest BCUT2D eigenvalue weighted by Crippen LogP contribution is -2.20. The molecular formula is C25H22F3N5O2. The molecule has 35 heavy (non-hydrogen) atoms. The van der Waals surface area contributed by atoms with E-state index in [0.29, 0.717) is 18.4 Å². The summed E-state index contributed by atoms with van der Waals surface area (Å²) >= 11 is 0. The number of ether oxygens (including phenoxy) is 2. The molecule has 0 radical (unpaired) electrons. The highest BCUT2D eigenvalue weighted by Crippen LogP contribution is 2.32. The molecule has 180 valence electrons. The number of hydrogen-bond acceptors (Lipinski definition) is 6. The minimum Gasteiger partial charge on any atom is -0.485 e. The number of methoxy groups -OCH3 is 1. The van der Waals surface area contributed by atoms with Gasteiger partial charge in [-0.15, -0.1) is 5.10 Å². The first-order chi connectivity index (χ1) is 16.9. The highest BCUT2D eigenvalue weighted by Gasteiger charge is 2.30. The summed E-state index contributed by atoms with van der Waals surface area (Å²) in [5, 5.41) is 9.82. The van der Waals surface area contributed by atoms with Crippen molar-refractivity contribution in [1.82, 2.24) is 20.2 Å². The molecule has 1 aromatic carbocycles. The van der Waals surface area contributed by atoms with Crippen LogP contribution in [-0.4, -0.2) is 39.5 Å². The number of nitrogens with zero attached hydrogens (tertiary/aromatic N) is 3. The van der Waals surface area contributed by atoms with Gasteiger partial charge in [0.25, 0.3) is 0 Å². The molecule has 3 aromatic rings. The number of anilines is 1. The maximum atomic E-state index is 13.0. The van der Waals surface area contributed by atoms with E-state index >= 15 is 0 Å². The predicted octanol–water partition coefficient (Wildman–Crippen LogP) is 5.17. The van der Waals surface area contributed by atoms with Crippen LogP contribution in [-0.2, 0) is 17.3 Å². The molecule has 2 aliphatic carbocycles. The SMILES string of the molecule is COC1C=Cc2c(OC3C=CC(Nc4n[nH]c(-c5cccc(C(F)(F)F)c5)n4)=CC3)ccnc2C1. The molecule has 2 N–H and O–H groups in total. The highest BCUT2D eigenvalue weighted by molar-refractivity contribution is 5.62.